The van der Waals surface area contributed by atoms with Gasteiger partial charge in [-0.2, -0.15) is 0 Å². The first-order chi connectivity index (χ1) is 14.5. The molecule has 0 atom stereocenters. The highest BCUT2D eigenvalue weighted by molar-refractivity contribution is 5.94. The molecular formula is C24H21FN2O3. The average molecular weight is 404 g/mol. The quantitative estimate of drug-likeness (QED) is 0.443. The predicted octanol–water partition coefficient (Wildman–Crippen LogP) is 5.77. The number of aromatic nitrogens is 1. The van der Waals surface area contributed by atoms with Crippen LogP contribution in [0.4, 0.5) is 10.1 Å². The van der Waals surface area contributed by atoms with Gasteiger partial charge in [0.05, 0.1) is 0 Å². The van der Waals surface area contributed by atoms with Crippen molar-refractivity contribution in [3.05, 3.63) is 78.1 Å². The number of hydrogen-bond donors (Lipinski definition) is 1. The minimum absolute atomic E-state index is 0.105. The number of halogens is 1. The third-order valence-corrected chi connectivity index (χ3v) is 4.66. The van der Waals surface area contributed by atoms with E-state index >= 15 is 0 Å². The number of nitrogens with zero attached hydrogens (tertiary/aromatic N) is 1. The Kier molecular flexibility index (Phi) is 5.48. The molecule has 1 amide bonds. The molecule has 0 aliphatic rings. The predicted molar refractivity (Wildman–Crippen MR) is 114 cm³/mol. The van der Waals surface area contributed by atoms with Crippen LogP contribution in [-0.2, 0) is 4.79 Å². The molecule has 0 aliphatic carbocycles. The van der Waals surface area contributed by atoms with Gasteiger partial charge in [0.25, 0.3) is 5.91 Å². The fraction of sp³-hybridized carbons (Fsp3) is 0.167. The minimum atomic E-state index is -0.360. The van der Waals surface area contributed by atoms with Gasteiger partial charge in [0, 0.05) is 11.3 Å². The normalized spacial score (nSPS) is 11.1. The van der Waals surface area contributed by atoms with Crippen molar-refractivity contribution in [2.24, 2.45) is 0 Å². The molecule has 4 rings (SSSR count). The maximum Gasteiger partial charge on any atom is 0.262 e. The zero-order valence-electron chi connectivity index (χ0n) is 16.7. The van der Waals surface area contributed by atoms with Crippen LogP contribution < -0.4 is 10.1 Å². The van der Waals surface area contributed by atoms with Gasteiger partial charge in [-0.1, -0.05) is 32.0 Å². The smallest absolute Gasteiger partial charge is 0.262 e. The van der Waals surface area contributed by atoms with Crippen molar-refractivity contribution in [2.45, 2.75) is 19.8 Å². The molecule has 1 aromatic heterocycles. The summed E-state index contributed by atoms with van der Waals surface area (Å²) < 4.78 is 24.7. The molecule has 1 heterocycles. The van der Waals surface area contributed by atoms with E-state index in [1.165, 1.54) is 17.7 Å². The summed E-state index contributed by atoms with van der Waals surface area (Å²) in [5.41, 5.74) is 3.45. The lowest BCUT2D eigenvalue weighted by atomic mass is 10.0. The number of rotatable bonds is 6. The lowest BCUT2D eigenvalue weighted by Crippen LogP contribution is -2.20. The maximum absolute atomic E-state index is 13.4. The first-order valence-electron chi connectivity index (χ1n) is 9.67. The van der Waals surface area contributed by atoms with Crippen molar-refractivity contribution in [3.8, 4) is 17.2 Å². The van der Waals surface area contributed by atoms with E-state index in [9.17, 15) is 9.18 Å². The van der Waals surface area contributed by atoms with Crippen LogP contribution in [0.25, 0.3) is 22.6 Å². The second-order valence-corrected chi connectivity index (χ2v) is 7.27. The number of carbonyl (C=O) groups excluding carboxylic acids is 1. The molecule has 0 radical (unpaired) electrons. The molecule has 0 saturated heterocycles. The lowest BCUT2D eigenvalue weighted by Gasteiger charge is -2.09. The Hall–Kier alpha value is -3.67. The SMILES string of the molecule is CC(C)c1ccc(OCC(=O)Nc2ccc3oc(-c4cccc(F)c4)nc3c2)cc1. The van der Waals surface area contributed by atoms with E-state index in [2.05, 4.69) is 24.1 Å². The van der Waals surface area contributed by atoms with Gasteiger partial charge in [0.15, 0.2) is 12.2 Å². The molecule has 0 unspecified atom stereocenters. The number of anilines is 1. The highest BCUT2D eigenvalue weighted by Gasteiger charge is 2.11. The van der Waals surface area contributed by atoms with Gasteiger partial charge < -0.3 is 14.5 Å². The van der Waals surface area contributed by atoms with Gasteiger partial charge in [0.2, 0.25) is 5.89 Å². The van der Waals surface area contributed by atoms with Gasteiger partial charge in [-0.15, -0.1) is 0 Å². The number of oxazole rings is 1. The van der Waals surface area contributed by atoms with Crippen LogP contribution in [0.3, 0.4) is 0 Å². The standard InChI is InChI=1S/C24H21FN2O3/c1-15(2)16-6-9-20(10-7-16)29-14-23(28)26-19-8-11-22-21(13-19)27-24(30-22)17-4-3-5-18(25)12-17/h3-13,15H,14H2,1-2H3,(H,26,28). The summed E-state index contributed by atoms with van der Waals surface area (Å²) in [7, 11) is 0. The van der Waals surface area contributed by atoms with E-state index in [1.54, 1.807) is 30.3 Å². The third-order valence-electron chi connectivity index (χ3n) is 4.66. The Morgan fingerprint density at radius 2 is 1.90 bits per heavy atom. The van der Waals surface area contributed by atoms with Crippen LogP contribution >= 0.6 is 0 Å². The van der Waals surface area contributed by atoms with Crippen LogP contribution in [0.2, 0.25) is 0 Å². The van der Waals surface area contributed by atoms with Gasteiger partial charge in [0.1, 0.15) is 17.1 Å². The zero-order chi connectivity index (χ0) is 21.1. The Morgan fingerprint density at radius 3 is 2.63 bits per heavy atom. The Morgan fingerprint density at radius 1 is 1.10 bits per heavy atom. The van der Waals surface area contributed by atoms with Crippen molar-refractivity contribution in [1.82, 2.24) is 4.98 Å². The summed E-state index contributed by atoms with van der Waals surface area (Å²) in [6.45, 7) is 4.14. The molecule has 3 aromatic carbocycles. The van der Waals surface area contributed by atoms with Gasteiger partial charge in [-0.05, 0) is 60.0 Å². The molecule has 0 spiro atoms. The maximum atomic E-state index is 13.4. The van der Waals surface area contributed by atoms with E-state index in [-0.39, 0.29) is 18.3 Å². The molecule has 30 heavy (non-hydrogen) atoms. The molecule has 0 saturated carbocycles. The summed E-state index contributed by atoms with van der Waals surface area (Å²) in [5, 5.41) is 2.79. The van der Waals surface area contributed by atoms with Crippen LogP contribution in [-0.4, -0.2) is 17.5 Å². The topological polar surface area (TPSA) is 64.4 Å². The van der Waals surface area contributed by atoms with Crippen LogP contribution in [0.5, 0.6) is 5.75 Å². The van der Waals surface area contributed by atoms with E-state index in [0.29, 0.717) is 39.9 Å². The van der Waals surface area contributed by atoms with Crippen molar-refractivity contribution in [2.75, 3.05) is 11.9 Å². The van der Waals surface area contributed by atoms with Crippen LogP contribution in [0.1, 0.15) is 25.3 Å². The Balaban J connectivity index is 1.41. The van der Waals surface area contributed by atoms with Crippen molar-refractivity contribution >= 4 is 22.7 Å². The number of hydrogen-bond acceptors (Lipinski definition) is 4. The largest absolute Gasteiger partial charge is 0.484 e. The Labute approximate surface area is 173 Å². The number of benzene rings is 3. The van der Waals surface area contributed by atoms with E-state index in [0.717, 1.165) is 0 Å². The second kappa shape index (κ2) is 8.37. The van der Waals surface area contributed by atoms with E-state index < -0.39 is 0 Å². The Bertz CT molecular complexity index is 1180. The molecular weight excluding hydrogens is 383 g/mol. The number of fused-ring (bicyclic) bond motifs is 1. The molecule has 5 nitrogen and oxygen atoms in total. The summed E-state index contributed by atoms with van der Waals surface area (Å²) in [6.07, 6.45) is 0. The molecule has 0 aliphatic heterocycles. The first kappa shape index (κ1) is 19.6. The molecule has 4 aromatic rings. The fourth-order valence-electron chi connectivity index (χ4n) is 3.05. The lowest BCUT2D eigenvalue weighted by molar-refractivity contribution is -0.118. The highest BCUT2D eigenvalue weighted by atomic mass is 19.1. The summed E-state index contributed by atoms with van der Waals surface area (Å²) in [4.78, 5) is 16.6. The van der Waals surface area contributed by atoms with Gasteiger partial charge in [-0.25, -0.2) is 9.37 Å². The first-order valence-corrected chi connectivity index (χ1v) is 9.67. The van der Waals surface area contributed by atoms with Crippen LogP contribution in [0, 0.1) is 5.82 Å². The van der Waals surface area contributed by atoms with Crippen molar-refractivity contribution in [1.29, 1.82) is 0 Å². The summed E-state index contributed by atoms with van der Waals surface area (Å²) >= 11 is 0. The van der Waals surface area contributed by atoms with Gasteiger partial charge >= 0.3 is 0 Å². The zero-order valence-corrected chi connectivity index (χ0v) is 16.7. The van der Waals surface area contributed by atoms with Crippen LogP contribution in [0.15, 0.2) is 71.1 Å². The van der Waals surface area contributed by atoms with Crippen molar-refractivity contribution < 1.29 is 18.3 Å². The summed E-state index contributed by atoms with van der Waals surface area (Å²) in [6, 6.07) is 18.9. The average Bonchev–Trinajstić information content (AvgIpc) is 3.16. The number of nitrogens with one attached hydrogen (secondary N) is 1. The van der Waals surface area contributed by atoms with E-state index in [1.807, 2.05) is 24.3 Å². The number of carbonyl (C=O) groups is 1. The van der Waals surface area contributed by atoms with E-state index in [4.69, 9.17) is 9.15 Å². The highest BCUT2D eigenvalue weighted by Crippen LogP contribution is 2.26. The summed E-state index contributed by atoms with van der Waals surface area (Å²) in [5.74, 6) is 0.760. The molecule has 152 valence electrons. The fourth-order valence-corrected chi connectivity index (χ4v) is 3.05. The second-order valence-electron chi connectivity index (χ2n) is 7.27. The molecule has 0 fully saturated rings. The molecule has 0 bridgehead atoms. The molecule has 6 heteroatoms. The minimum Gasteiger partial charge on any atom is -0.484 e. The molecule has 1 N–H and O–H groups in total. The van der Waals surface area contributed by atoms with Crippen molar-refractivity contribution in [3.63, 3.8) is 0 Å². The number of amides is 1. The monoisotopic (exact) mass is 404 g/mol. The van der Waals surface area contributed by atoms with Gasteiger partial charge in [-0.3, -0.25) is 4.79 Å². The third kappa shape index (κ3) is 4.49. The number of ether oxygens (including phenoxy) is 1.